The van der Waals surface area contributed by atoms with E-state index in [4.69, 9.17) is 12.2 Å². The number of benzene rings is 1. The first kappa shape index (κ1) is 13.8. The molecule has 17 heavy (non-hydrogen) atoms. The van der Waals surface area contributed by atoms with E-state index < -0.39 is 6.10 Å². The number of rotatable bonds is 6. The molecule has 0 spiro atoms. The van der Waals surface area contributed by atoms with Crippen LogP contribution in [0.5, 0.6) is 0 Å². The maximum Gasteiger partial charge on any atom is 0.117 e. The molecule has 0 bridgehead atoms. The van der Waals surface area contributed by atoms with Crippen LogP contribution in [0.3, 0.4) is 0 Å². The quantitative estimate of drug-likeness (QED) is 0.733. The topological polar surface area (TPSA) is 46.2 Å². The fourth-order valence-electron chi connectivity index (χ4n) is 1.87. The van der Waals surface area contributed by atoms with Gasteiger partial charge in [-0.15, -0.1) is 6.42 Å². The Balaban J connectivity index is 2.62. The van der Waals surface area contributed by atoms with E-state index in [0.717, 1.165) is 25.8 Å². The van der Waals surface area contributed by atoms with Gasteiger partial charge < -0.3 is 10.8 Å². The monoisotopic (exact) mass is 231 g/mol. The highest BCUT2D eigenvalue weighted by Gasteiger charge is 2.11. The summed E-state index contributed by atoms with van der Waals surface area (Å²) < 4.78 is 0. The normalized spacial score (nSPS) is 14.0. The van der Waals surface area contributed by atoms with E-state index in [2.05, 4.69) is 30.2 Å². The Morgan fingerprint density at radius 1 is 1.41 bits per heavy atom. The molecule has 2 heteroatoms. The lowest BCUT2D eigenvalue weighted by Crippen LogP contribution is -2.17. The molecule has 0 heterocycles. The van der Waals surface area contributed by atoms with E-state index in [1.54, 1.807) is 0 Å². The highest BCUT2D eigenvalue weighted by molar-refractivity contribution is 5.24. The lowest BCUT2D eigenvalue weighted by Gasteiger charge is -2.14. The number of terminal acetylenes is 1. The van der Waals surface area contributed by atoms with Crippen LogP contribution in [0.25, 0.3) is 0 Å². The second kappa shape index (κ2) is 7.11. The van der Waals surface area contributed by atoms with Crippen molar-refractivity contribution in [2.45, 2.75) is 32.3 Å². The van der Waals surface area contributed by atoms with Crippen molar-refractivity contribution in [2.24, 2.45) is 11.7 Å². The molecular formula is C15H21NO. The van der Waals surface area contributed by atoms with Gasteiger partial charge >= 0.3 is 0 Å². The van der Waals surface area contributed by atoms with Crippen molar-refractivity contribution >= 4 is 0 Å². The Morgan fingerprint density at radius 3 is 2.76 bits per heavy atom. The van der Waals surface area contributed by atoms with E-state index in [1.807, 2.05) is 6.92 Å². The molecule has 1 aromatic carbocycles. The van der Waals surface area contributed by atoms with E-state index in [0.29, 0.717) is 0 Å². The summed E-state index contributed by atoms with van der Waals surface area (Å²) >= 11 is 0. The molecule has 1 rings (SSSR count). The summed E-state index contributed by atoms with van der Waals surface area (Å²) in [6.45, 7) is 2.69. The van der Waals surface area contributed by atoms with Crippen molar-refractivity contribution < 1.29 is 5.11 Å². The van der Waals surface area contributed by atoms with Crippen LogP contribution in [0.2, 0.25) is 0 Å². The number of aryl methyl sites for hydroxylation is 1. The average Bonchev–Trinajstić information content (AvgIpc) is 2.35. The summed E-state index contributed by atoms with van der Waals surface area (Å²) in [7, 11) is 0. The second-order valence-electron chi connectivity index (χ2n) is 4.51. The van der Waals surface area contributed by atoms with E-state index in [-0.39, 0.29) is 5.92 Å². The molecule has 0 saturated heterocycles. The average molecular weight is 231 g/mol. The van der Waals surface area contributed by atoms with E-state index in [1.165, 1.54) is 11.1 Å². The van der Waals surface area contributed by atoms with Gasteiger partial charge in [-0.25, -0.2) is 0 Å². The van der Waals surface area contributed by atoms with Crippen LogP contribution < -0.4 is 5.73 Å². The Hall–Kier alpha value is -1.30. The minimum Gasteiger partial charge on any atom is -0.380 e. The van der Waals surface area contributed by atoms with Crippen LogP contribution in [-0.2, 0) is 12.8 Å². The zero-order chi connectivity index (χ0) is 12.7. The van der Waals surface area contributed by atoms with Crippen molar-refractivity contribution in [2.75, 3.05) is 6.54 Å². The Kier molecular flexibility index (Phi) is 5.76. The van der Waals surface area contributed by atoms with Gasteiger partial charge in [0.25, 0.3) is 0 Å². The summed E-state index contributed by atoms with van der Waals surface area (Å²) in [5.74, 6) is 2.46. The molecule has 0 saturated carbocycles. The summed E-state index contributed by atoms with van der Waals surface area (Å²) in [5.41, 5.74) is 8.02. The predicted molar refractivity (Wildman–Crippen MR) is 71.5 cm³/mol. The van der Waals surface area contributed by atoms with Crippen LogP contribution in [0, 0.1) is 18.3 Å². The highest BCUT2D eigenvalue weighted by atomic mass is 16.3. The number of aliphatic hydroxyl groups is 1. The molecule has 2 nitrogen and oxygen atoms in total. The van der Waals surface area contributed by atoms with Gasteiger partial charge in [0.1, 0.15) is 6.10 Å². The van der Waals surface area contributed by atoms with Crippen molar-refractivity contribution in [1.29, 1.82) is 0 Å². The van der Waals surface area contributed by atoms with Crippen LogP contribution >= 0.6 is 0 Å². The number of hydrogen-bond donors (Lipinski definition) is 2. The molecule has 2 unspecified atom stereocenters. The molecule has 0 fully saturated rings. The molecule has 0 radical (unpaired) electrons. The van der Waals surface area contributed by atoms with Gasteiger partial charge in [0, 0.05) is 0 Å². The Bertz CT molecular complexity index is 381. The third-order valence-electron chi connectivity index (χ3n) is 2.93. The first-order valence-electron chi connectivity index (χ1n) is 6.09. The Morgan fingerprint density at radius 2 is 2.12 bits per heavy atom. The second-order valence-corrected chi connectivity index (χ2v) is 4.51. The molecule has 0 aliphatic heterocycles. The van der Waals surface area contributed by atoms with Crippen LogP contribution in [0.1, 0.15) is 24.5 Å². The van der Waals surface area contributed by atoms with Crippen molar-refractivity contribution in [3.05, 3.63) is 35.4 Å². The van der Waals surface area contributed by atoms with Crippen molar-refractivity contribution in [3.63, 3.8) is 0 Å². The largest absolute Gasteiger partial charge is 0.380 e. The molecule has 0 aliphatic rings. The fourth-order valence-corrected chi connectivity index (χ4v) is 1.87. The smallest absolute Gasteiger partial charge is 0.117 e. The lowest BCUT2D eigenvalue weighted by molar-refractivity contribution is 0.171. The maximum atomic E-state index is 9.55. The third kappa shape index (κ3) is 4.60. The van der Waals surface area contributed by atoms with Crippen LogP contribution in [0.15, 0.2) is 24.3 Å². The van der Waals surface area contributed by atoms with Crippen molar-refractivity contribution in [3.8, 4) is 12.3 Å². The molecule has 2 atom stereocenters. The molecule has 1 aromatic rings. The molecule has 3 N–H and O–H groups in total. The van der Waals surface area contributed by atoms with Gasteiger partial charge in [-0.2, -0.15) is 0 Å². The van der Waals surface area contributed by atoms with Crippen LogP contribution in [0.4, 0.5) is 0 Å². The number of hydrogen-bond acceptors (Lipinski definition) is 2. The number of aliphatic hydroxyl groups excluding tert-OH is 1. The zero-order valence-electron chi connectivity index (χ0n) is 10.4. The van der Waals surface area contributed by atoms with Gasteiger partial charge in [-0.05, 0) is 42.9 Å². The summed E-state index contributed by atoms with van der Waals surface area (Å²) in [6.07, 6.45) is 7.37. The molecule has 0 amide bonds. The first-order chi connectivity index (χ1) is 8.17. The van der Waals surface area contributed by atoms with Crippen LogP contribution in [-0.4, -0.2) is 17.8 Å². The zero-order valence-corrected chi connectivity index (χ0v) is 10.4. The van der Waals surface area contributed by atoms with Gasteiger partial charge in [0.2, 0.25) is 0 Å². The predicted octanol–water partition coefficient (Wildman–Crippen LogP) is 1.75. The van der Waals surface area contributed by atoms with Gasteiger partial charge in [-0.3, -0.25) is 0 Å². The van der Waals surface area contributed by atoms with Gasteiger partial charge in [-0.1, -0.05) is 37.1 Å². The van der Waals surface area contributed by atoms with E-state index >= 15 is 0 Å². The SMILES string of the molecule is C#CC(O)C(C)Cc1cccc(CCCN)c1. The fraction of sp³-hybridized carbons (Fsp3) is 0.467. The minimum absolute atomic E-state index is 0.0877. The minimum atomic E-state index is -0.664. The number of nitrogens with two attached hydrogens (primary N) is 1. The third-order valence-corrected chi connectivity index (χ3v) is 2.93. The standard InChI is InChI=1S/C15H21NO/c1-3-15(17)12(2)10-14-7-4-6-13(11-14)8-5-9-16/h1,4,6-7,11-12,15,17H,5,8-10,16H2,2H3. The Labute approximate surface area is 104 Å². The molecule has 0 aliphatic carbocycles. The summed E-state index contributed by atoms with van der Waals surface area (Å²) in [5, 5.41) is 9.55. The highest BCUT2D eigenvalue weighted by Crippen LogP contribution is 2.14. The van der Waals surface area contributed by atoms with E-state index in [9.17, 15) is 5.11 Å². The van der Waals surface area contributed by atoms with Gasteiger partial charge in [0.15, 0.2) is 0 Å². The van der Waals surface area contributed by atoms with Crippen molar-refractivity contribution in [1.82, 2.24) is 0 Å². The maximum absolute atomic E-state index is 9.55. The molecular weight excluding hydrogens is 210 g/mol. The van der Waals surface area contributed by atoms with Gasteiger partial charge in [0.05, 0.1) is 0 Å². The summed E-state index contributed by atoms with van der Waals surface area (Å²) in [4.78, 5) is 0. The lowest BCUT2D eigenvalue weighted by atomic mass is 9.94. The molecule has 0 aromatic heterocycles. The first-order valence-corrected chi connectivity index (χ1v) is 6.09. The summed E-state index contributed by atoms with van der Waals surface area (Å²) in [6, 6.07) is 8.42. The molecule has 92 valence electrons.